The van der Waals surface area contributed by atoms with Crippen LogP contribution in [-0.4, -0.2) is 38.3 Å². The van der Waals surface area contributed by atoms with Gasteiger partial charge in [-0.05, 0) is 57.0 Å². The van der Waals surface area contributed by atoms with E-state index in [-0.39, 0.29) is 0 Å². The van der Waals surface area contributed by atoms with Gasteiger partial charge in [-0.1, -0.05) is 25.7 Å². The molecule has 0 aromatic heterocycles. The molecule has 3 nitrogen and oxygen atoms in total. The standard InChI is InChI=1S/C9H17N.C8H16N2/c1-2-5-9(4-1)6-3-7-10-8-9;1-2-4-8(6-9-7-8)10-5-3-1/h10H,1-8H2;9-10H,1-7H2. The number of nitrogens with one attached hydrogen (secondary N) is 3. The fraction of sp³-hybridized carbons (Fsp3) is 1.00. The zero-order valence-corrected chi connectivity index (χ0v) is 13.1. The highest BCUT2D eigenvalue weighted by Crippen LogP contribution is 2.42. The van der Waals surface area contributed by atoms with E-state index in [1.54, 1.807) is 0 Å². The van der Waals surface area contributed by atoms with Crippen molar-refractivity contribution >= 4 is 0 Å². The summed E-state index contributed by atoms with van der Waals surface area (Å²) in [7, 11) is 0. The van der Waals surface area contributed by atoms with E-state index >= 15 is 0 Å². The molecule has 1 saturated carbocycles. The Balaban J connectivity index is 0.000000121. The Kier molecular flexibility index (Phi) is 5.00. The highest BCUT2D eigenvalue weighted by atomic mass is 15.1. The van der Waals surface area contributed by atoms with Gasteiger partial charge in [0, 0.05) is 25.2 Å². The average molecular weight is 279 g/mol. The summed E-state index contributed by atoms with van der Waals surface area (Å²) in [4.78, 5) is 0. The summed E-state index contributed by atoms with van der Waals surface area (Å²) < 4.78 is 0. The zero-order valence-electron chi connectivity index (χ0n) is 13.1. The van der Waals surface area contributed by atoms with Crippen LogP contribution >= 0.6 is 0 Å². The molecule has 0 aromatic rings. The first-order chi connectivity index (χ1) is 9.83. The predicted octanol–water partition coefficient (Wildman–Crippen LogP) is 2.42. The van der Waals surface area contributed by atoms with Crippen molar-refractivity contribution in [2.45, 2.75) is 69.7 Å². The third-order valence-corrected chi connectivity index (χ3v) is 5.98. The summed E-state index contributed by atoms with van der Waals surface area (Å²) in [6.07, 6.45) is 14.5. The van der Waals surface area contributed by atoms with Crippen LogP contribution in [0.3, 0.4) is 0 Å². The molecule has 4 rings (SSSR count). The Morgan fingerprint density at radius 3 is 1.95 bits per heavy atom. The molecular formula is C17H33N3. The molecule has 2 spiro atoms. The number of hydrogen-bond donors (Lipinski definition) is 3. The number of rotatable bonds is 0. The smallest absolute Gasteiger partial charge is 0.0432 e. The molecule has 0 aromatic carbocycles. The van der Waals surface area contributed by atoms with Gasteiger partial charge in [-0.2, -0.15) is 0 Å². The van der Waals surface area contributed by atoms with Gasteiger partial charge in [0.2, 0.25) is 0 Å². The van der Waals surface area contributed by atoms with E-state index in [1.165, 1.54) is 96.9 Å². The molecule has 1 aliphatic carbocycles. The van der Waals surface area contributed by atoms with Crippen molar-refractivity contribution in [2.24, 2.45) is 5.41 Å². The van der Waals surface area contributed by atoms with E-state index in [1.807, 2.05) is 0 Å². The molecule has 3 N–H and O–H groups in total. The maximum atomic E-state index is 3.63. The third kappa shape index (κ3) is 3.55. The maximum Gasteiger partial charge on any atom is 0.0432 e. The normalized spacial score (nSPS) is 31.2. The molecule has 0 amide bonds. The van der Waals surface area contributed by atoms with Crippen molar-refractivity contribution in [3.63, 3.8) is 0 Å². The monoisotopic (exact) mass is 279 g/mol. The summed E-state index contributed by atoms with van der Waals surface area (Å²) in [5.41, 5.74) is 1.29. The van der Waals surface area contributed by atoms with E-state index in [0.29, 0.717) is 5.54 Å². The largest absolute Gasteiger partial charge is 0.316 e. The zero-order chi connectivity index (χ0) is 13.7. The fourth-order valence-electron chi connectivity index (χ4n) is 4.52. The van der Waals surface area contributed by atoms with Gasteiger partial charge in [0.1, 0.15) is 0 Å². The lowest BCUT2D eigenvalue weighted by Crippen LogP contribution is -2.67. The minimum Gasteiger partial charge on any atom is -0.316 e. The second-order valence-corrected chi connectivity index (χ2v) is 7.61. The summed E-state index contributed by atoms with van der Waals surface area (Å²) in [5, 5.41) is 10.5. The molecule has 3 heteroatoms. The molecule has 3 saturated heterocycles. The summed E-state index contributed by atoms with van der Waals surface area (Å²) >= 11 is 0. The topological polar surface area (TPSA) is 36.1 Å². The molecular weight excluding hydrogens is 246 g/mol. The molecule has 0 atom stereocenters. The van der Waals surface area contributed by atoms with Gasteiger partial charge in [0.25, 0.3) is 0 Å². The van der Waals surface area contributed by atoms with Crippen LogP contribution in [0.2, 0.25) is 0 Å². The third-order valence-electron chi connectivity index (χ3n) is 5.98. The van der Waals surface area contributed by atoms with E-state index in [0.717, 1.165) is 5.41 Å². The average Bonchev–Trinajstić information content (AvgIpc) is 2.75. The van der Waals surface area contributed by atoms with Gasteiger partial charge in [0.05, 0.1) is 0 Å². The molecule has 4 aliphatic rings. The Bertz CT molecular complexity index is 275. The molecule has 3 heterocycles. The minimum atomic E-state index is 0.524. The summed E-state index contributed by atoms with van der Waals surface area (Å²) in [6.45, 7) is 6.22. The van der Waals surface area contributed by atoms with Gasteiger partial charge in [-0.25, -0.2) is 0 Å². The highest BCUT2D eigenvalue weighted by molar-refractivity contribution is 5.00. The highest BCUT2D eigenvalue weighted by Gasteiger charge is 2.36. The fourth-order valence-corrected chi connectivity index (χ4v) is 4.52. The van der Waals surface area contributed by atoms with Crippen LogP contribution in [0.25, 0.3) is 0 Å². The van der Waals surface area contributed by atoms with Crippen LogP contribution in [0.4, 0.5) is 0 Å². The van der Waals surface area contributed by atoms with Crippen LogP contribution in [0.1, 0.15) is 64.2 Å². The van der Waals surface area contributed by atoms with Gasteiger partial charge in [0.15, 0.2) is 0 Å². The Morgan fingerprint density at radius 2 is 1.30 bits per heavy atom. The van der Waals surface area contributed by atoms with Crippen LogP contribution in [0.5, 0.6) is 0 Å². The lowest BCUT2D eigenvalue weighted by molar-refractivity contribution is 0.209. The van der Waals surface area contributed by atoms with Crippen molar-refractivity contribution in [2.75, 3.05) is 32.7 Å². The molecule has 116 valence electrons. The van der Waals surface area contributed by atoms with Gasteiger partial charge >= 0.3 is 0 Å². The SMILES string of the molecule is C1CCC2(C1)CCCNC2.C1CCNC2(CC1)CNC2. The van der Waals surface area contributed by atoms with Crippen LogP contribution in [0, 0.1) is 5.41 Å². The number of piperidine rings is 1. The van der Waals surface area contributed by atoms with E-state index in [9.17, 15) is 0 Å². The van der Waals surface area contributed by atoms with Crippen molar-refractivity contribution in [1.29, 1.82) is 0 Å². The molecule has 0 unspecified atom stereocenters. The molecule has 4 fully saturated rings. The Hall–Kier alpha value is -0.120. The lowest BCUT2D eigenvalue weighted by atomic mass is 9.79. The van der Waals surface area contributed by atoms with E-state index < -0.39 is 0 Å². The quantitative estimate of drug-likeness (QED) is 0.637. The molecule has 20 heavy (non-hydrogen) atoms. The van der Waals surface area contributed by atoms with Crippen LogP contribution in [0.15, 0.2) is 0 Å². The summed E-state index contributed by atoms with van der Waals surface area (Å²) in [5.74, 6) is 0. The Labute approximate surface area is 124 Å². The van der Waals surface area contributed by atoms with E-state index in [4.69, 9.17) is 0 Å². The molecule has 0 bridgehead atoms. The lowest BCUT2D eigenvalue weighted by Gasteiger charge is -2.42. The van der Waals surface area contributed by atoms with Crippen molar-refractivity contribution in [3.8, 4) is 0 Å². The summed E-state index contributed by atoms with van der Waals surface area (Å²) in [6, 6.07) is 0. The first-order valence-electron chi connectivity index (χ1n) is 8.99. The van der Waals surface area contributed by atoms with Gasteiger partial charge < -0.3 is 16.0 Å². The predicted molar refractivity (Wildman–Crippen MR) is 85.1 cm³/mol. The van der Waals surface area contributed by atoms with Crippen LogP contribution < -0.4 is 16.0 Å². The van der Waals surface area contributed by atoms with Crippen LogP contribution in [-0.2, 0) is 0 Å². The second kappa shape index (κ2) is 6.76. The van der Waals surface area contributed by atoms with Crippen molar-refractivity contribution in [3.05, 3.63) is 0 Å². The maximum absolute atomic E-state index is 3.63. The Morgan fingerprint density at radius 1 is 0.550 bits per heavy atom. The van der Waals surface area contributed by atoms with E-state index in [2.05, 4.69) is 16.0 Å². The van der Waals surface area contributed by atoms with Gasteiger partial charge in [-0.15, -0.1) is 0 Å². The minimum absolute atomic E-state index is 0.524. The second-order valence-electron chi connectivity index (χ2n) is 7.61. The molecule has 3 aliphatic heterocycles. The van der Waals surface area contributed by atoms with Gasteiger partial charge in [-0.3, -0.25) is 0 Å². The van der Waals surface area contributed by atoms with Crippen molar-refractivity contribution < 1.29 is 0 Å². The van der Waals surface area contributed by atoms with Crippen molar-refractivity contribution in [1.82, 2.24) is 16.0 Å². The first kappa shape index (κ1) is 14.8. The molecule has 0 radical (unpaired) electrons. The number of hydrogen-bond acceptors (Lipinski definition) is 3. The first-order valence-corrected chi connectivity index (χ1v) is 8.99.